The van der Waals surface area contributed by atoms with Gasteiger partial charge in [0.15, 0.2) is 0 Å². The fourth-order valence-electron chi connectivity index (χ4n) is 4.27. The van der Waals surface area contributed by atoms with Crippen LogP contribution in [0.3, 0.4) is 0 Å². The van der Waals surface area contributed by atoms with Crippen molar-refractivity contribution in [2.45, 2.75) is 31.9 Å². The summed E-state index contributed by atoms with van der Waals surface area (Å²) < 4.78 is 5.76. The first-order valence-electron chi connectivity index (χ1n) is 10.7. The molecular formula is C24H31N3O2. The summed E-state index contributed by atoms with van der Waals surface area (Å²) in [7, 11) is 0. The molecule has 4 rings (SSSR count). The molecule has 0 saturated carbocycles. The fourth-order valence-corrected chi connectivity index (χ4v) is 4.27. The number of amides is 1. The molecule has 2 aliphatic heterocycles. The average molecular weight is 394 g/mol. The maximum absolute atomic E-state index is 13.0. The maximum atomic E-state index is 13.0. The van der Waals surface area contributed by atoms with Gasteiger partial charge in [0, 0.05) is 50.6 Å². The minimum Gasteiger partial charge on any atom is -0.377 e. The summed E-state index contributed by atoms with van der Waals surface area (Å²) in [6.07, 6.45) is 2.77. The van der Waals surface area contributed by atoms with Gasteiger partial charge in [0.05, 0.1) is 12.1 Å². The Morgan fingerprint density at radius 2 is 1.79 bits per heavy atom. The van der Waals surface area contributed by atoms with Crippen LogP contribution in [0.5, 0.6) is 0 Å². The van der Waals surface area contributed by atoms with Crippen LogP contribution >= 0.6 is 0 Å². The van der Waals surface area contributed by atoms with E-state index in [1.165, 1.54) is 12.8 Å². The SMILES string of the molecule is C[C@@H](C(=O)Nc1ccccc1-c1ccccc1)N1CCN(C[C@H]2CCCO2)CC1. The molecule has 0 aromatic heterocycles. The average Bonchev–Trinajstić information content (AvgIpc) is 3.28. The van der Waals surface area contributed by atoms with Gasteiger partial charge in [0.25, 0.3) is 0 Å². The Bertz CT molecular complexity index is 797. The van der Waals surface area contributed by atoms with Crippen LogP contribution < -0.4 is 5.32 Å². The quantitative estimate of drug-likeness (QED) is 0.816. The number of ether oxygens (including phenoxy) is 1. The van der Waals surface area contributed by atoms with Crippen molar-refractivity contribution in [1.82, 2.24) is 9.80 Å². The lowest BCUT2D eigenvalue weighted by atomic mass is 10.0. The van der Waals surface area contributed by atoms with Crippen molar-refractivity contribution in [3.8, 4) is 11.1 Å². The lowest BCUT2D eigenvalue weighted by Crippen LogP contribution is -2.53. The zero-order chi connectivity index (χ0) is 20.1. The Morgan fingerprint density at radius 1 is 1.07 bits per heavy atom. The minimum atomic E-state index is -0.149. The summed E-state index contributed by atoms with van der Waals surface area (Å²) in [5, 5.41) is 3.16. The number of carbonyl (C=O) groups is 1. The molecule has 0 spiro atoms. The summed E-state index contributed by atoms with van der Waals surface area (Å²) in [5.74, 6) is 0.0564. The van der Waals surface area contributed by atoms with Crippen molar-refractivity contribution in [2.24, 2.45) is 0 Å². The summed E-state index contributed by atoms with van der Waals surface area (Å²) in [4.78, 5) is 17.7. The molecule has 0 radical (unpaired) electrons. The predicted molar refractivity (Wildman–Crippen MR) is 117 cm³/mol. The molecule has 2 aromatic rings. The molecule has 2 saturated heterocycles. The van der Waals surface area contributed by atoms with E-state index < -0.39 is 0 Å². The lowest BCUT2D eigenvalue weighted by Gasteiger charge is -2.38. The van der Waals surface area contributed by atoms with Crippen LogP contribution in [0.2, 0.25) is 0 Å². The van der Waals surface area contributed by atoms with Gasteiger partial charge in [-0.1, -0.05) is 48.5 Å². The second-order valence-electron chi connectivity index (χ2n) is 8.05. The predicted octanol–water partition coefficient (Wildman–Crippen LogP) is 3.48. The van der Waals surface area contributed by atoms with Crippen molar-refractivity contribution >= 4 is 11.6 Å². The Labute approximate surface area is 173 Å². The molecule has 0 unspecified atom stereocenters. The Morgan fingerprint density at radius 3 is 2.52 bits per heavy atom. The second-order valence-corrected chi connectivity index (χ2v) is 8.05. The molecule has 1 amide bonds. The molecule has 2 fully saturated rings. The summed E-state index contributed by atoms with van der Waals surface area (Å²) in [6, 6.07) is 18.1. The van der Waals surface area contributed by atoms with Crippen LogP contribution in [0, 0.1) is 0 Å². The summed E-state index contributed by atoms with van der Waals surface area (Å²) >= 11 is 0. The molecule has 5 heteroatoms. The molecule has 154 valence electrons. The highest BCUT2D eigenvalue weighted by Gasteiger charge is 2.27. The Hall–Kier alpha value is -2.21. The zero-order valence-corrected chi connectivity index (χ0v) is 17.2. The number of nitrogens with zero attached hydrogens (tertiary/aromatic N) is 2. The molecule has 29 heavy (non-hydrogen) atoms. The van der Waals surface area contributed by atoms with Crippen LogP contribution in [0.4, 0.5) is 5.69 Å². The fraction of sp³-hybridized carbons (Fsp3) is 0.458. The number of piperazine rings is 1. The summed E-state index contributed by atoms with van der Waals surface area (Å²) in [5.41, 5.74) is 3.03. The van der Waals surface area contributed by atoms with E-state index >= 15 is 0 Å². The van der Waals surface area contributed by atoms with E-state index in [2.05, 4.69) is 33.3 Å². The van der Waals surface area contributed by atoms with Gasteiger partial charge in [-0.3, -0.25) is 14.6 Å². The third-order valence-corrected chi connectivity index (χ3v) is 6.09. The van der Waals surface area contributed by atoms with Gasteiger partial charge in [-0.05, 0) is 31.4 Å². The molecule has 2 heterocycles. The van der Waals surface area contributed by atoms with Crippen LogP contribution in [-0.2, 0) is 9.53 Å². The first-order chi connectivity index (χ1) is 14.2. The maximum Gasteiger partial charge on any atom is 0.241 e. The van der Waals surface area contributed by atoms with Gasteiger partial charge < -0.3 is 10.1 Å². The molecule has 1 N–H and O–H groups in total. The molecule has 5 nitrogen and oxygen atoms in total. The number of benzene rings is 2. The van der Waals surface area contributed by atoms with E-state index in [0.717, 1.165) is 56.1 Å². The van der Waals surface area contributed by atoms with Crippen molar-refractivity contribution < 1.29 is 9.53 Å². The van der Waals surface area contributed by atoms with E-state index in [4.69, 9.17) is 4.74 Å². The van der Waals surface area contributed by atoms with Gasteiger partial charge in [-0.15, -0.1) is 0 Å². The van der Waals surface area contributed by atoms with Gasteiger partial charge in [-0.25, -0.2) is 0 Å². The highest BCUT2D eigenvalue weighted by molar-refractivity contribution is 5.98. The molecule has 2 aliphatic rings. The normalized spacial score (nSPS) is 21.8. The van der Waals surface area contributed by atoms with E-state index in [0.29, 0.717) is 6.10 Å². The highest BCUT2D eigenvalue weighted by atomic mass is 16.5. The molecule has 2 aromatic carbocycles. The lowest BCUT2D eigenvalue weighted by molar-refractivity contribution is -0.121. The third-order valence-electron chi connectivity index (χ3n) is 6.09. The standard InChI is InChI=1S/C24H31N3O2/c1-19(27-15-13-26(14-16-27)18-21-10-7-17-29-21)24(28)25-23-12-6-5-11-22(23)20-8-3-2-4-9-20/h2-6,8-9,11-12,19,21H,7,10,13-18H2,1H3,(H,25,28)/t19-,21+/m0/s1. The minimum absolute atomic E-state index is 0.0564. The van der Waals surface area contributed by atoms with Crippen LogP contribution in [0.1, 0.15) is 19.8 Å². The Kier molecular flexibility index (Phi) is 6.60. The van der Waals surface area contributed by atoms with Crippen molar-refractivity contribution in [3.63, 3.8) is 0 Å². The van der Waals surface area contributed by atoms with Crippen LogP contribution in [0.25, 0.3) is 11.1 Å². The largest absolute Gasteiger partial charge is 0.377 e. The topological polar surface area (TPSA) is 44.8 Å². The van der Waals surface area contributed by atoms with Crippen molar-refractivity contribution in [3.05, 3.63) is 54.6 Å². The molecule has 0 bridgehead atoms. The molecule has 2 atom stereocenters. The highest BCUT2D eigenvalue weighted by Crippen LogP contribution is 2.28. The number of carbonyl (C=O) groups excluding carboxylic acids is 1. The Balaban J connectivity index is 1.34. The van der Waals surface area contributed by atoms with Crippen LogP contribution in [0.15, 0.2) is 54.6 Å². The van der Waals surface area contributed by atoms with Crippen molar-refractivity contribution in [1.29, 1.82) is 0 Å². The number of hydrogen-bond acceptors (Lipinski definition) is 4. The second kappa shape index (κ2) is 9.53. The number of anilines is 1. The third kappa shape index (κ3) is 5.04. The molecular weight excluding hydrogens is 362 g/mol. The van der Waals surface area contributed by atoms with E-state index in [-0.39, 0.29) is 11.9 Å². The number of hydrogen-bond donors (Lipinski definition) is 1. The molecule has 0 aliphatic carbocycles. The first-order valence-corrected chi connectivity index (χ1v) is 10.7. The van der Waals surface area contributed by atoms with E-state index in [9.17, 15) is 4.79 Å². The smallest absolute Gasteiger partial charge is 0.241 e. The van der Waals surface area contributed by atoms with Gasteiger partial charge in [0.2, 0.25) is 5.91 Å². The van der Waals surface area contributed by atoms with Gasteiger partial charge in [0.1, 0.15) is 0 Å². The number of para-hydroxylation sites is 1. The van der Waals surface area contributed by atoms with Crippen molar-refractivity contribution in [2.75, 3.05) is 44.6 Å². The van der Waals surface area contributed by atoms with Gasteiger partial charge >= 0.3 is 0 Å². The summed E-state index contributed by atoms with van der Waals surface area (Å²) in [6.45, 7) is 7.78. The number of nitrogens with one attached hydrogen (secondary N) is 1. The monoisotopic (exact) mass is 393 g/mol. The first kappa shape index (κ1) is 20.1. The van der Waals surface area contributed by atoms with Gasteiger partial charge in [-0.2, -0.15) is 0 Å². The zero-order valence-electron chi connectivity index (χ0n) is 17.2. The van der Waals surface area contributed by atoms with E-state index in [1.807, 2.05) is 43.3 Å². The van der Waals surface area contributed by atoms with E-state index in [1.54, 1.807) is 0 Å². The number of rotatable bonds is 6. The van der Waals surface area contributed by atoms with Crippen LogP contribution in [-0.4, -0.2) is 67.2 Å².